The fraction of sp³-hybridized carbons (Fsp3) is 0.438. The standard InChI is InChI=1S/C16H24BN5O3.ClH/c1-13(23)25-17(24-11-7-3-6-10-18)22-16(19)20-15(21-22)12-14-8-4-2-5-9-14;/h2,4-5,8-9H,3,6-7,10-12,18H2,1H3,(H2,19,20,21);1H. The van der Waals surface area contributed by atoms with Crippen molar-refractivity contribution in [1.29, 1.82) is 0 Å². The lowest BCUT2D eigenvalue weighted by Crippen LogP contribution is -2.36. The number of unbranched alkanes of at least 4 members (excludes halogenated alkanes) is 2. The maximum Gasteiger partial charge on any atom is 0.691 e. The Morgan fingerprint density at radius 2 is 1.96 bits per heavy atom. The van der Waals surface area contributed by atoms with E-state index in [4.69, 9.17) is 20.8 Å². The van der Waals surface area contributed by atoms with Crippen molar-refractivity contribution >= 4 is 31.6 Å². The molecule has 0 bridgehead atoms. The van der Waals surface area contributed by atoms with Crippen molar-refractivity contribution in [3.63, 3.8) is 0 Å². The predicted octanol–water partition coefficient (Wildman–Crippen LogP) is 1.41. The average molecular weight is 382 g/mol. The summed E-state index contributed by atoms with van der Waals surface area (Å²) in [4.78, 5) is 15.6. The summed E-state index contributed by atoms with van der Waals surface area (Å²) in [6, 6.07) is 9.80. The number of benzene rings is 1. The zero-order chi connectivity index (χ0) is 18.1. The summed E-state index contributed by atoms with van der Waals surface area (Å²) in [5.74, 6) is 0.193. The molecule has 1 aromatic heterocycles. The van der Waals surface area contributed by atoms with Gasteiger partial charge in [0, 0.05) is 20.0 Å². The van der Waals surface area contributed by atoms with Gasteiger partial charge in [0.05, 0.1) is 0 Å². The first kappa shape index (κ1) is 21.9. The van der Waals surface area contributed by atoms with E-state index in [1.165, 1.54) is 11.5 Å². The molecule has 1 heterocycles. The minimum absolute atomic E-state index is 0. The summed E-state index contributed by atoms with van der Waals surface area (Å²) < 4.78 is 12.1. The summed E-state index contributed by atoms with van der Waals surface area (Å²) in [6.45, 7) is 2.36. The zero-order valence-electron chi connectivity index (χ0n) is 14.8. The van der Waals surface area contributed by atoms with Gasteiger partial charge in [0.1, 0.15) is 0 Å². The molecule has 1 aromatic carbocycles. The lowest BCUT2D eigenvalue weighted by molar-refractivity contribution is -0.133. The van der Waals surface area contributed by atoms with E-state index >= 15 is 0 Å². The number of halogens is 1. The molecule has 8 nitrogen and oxygen atoms in total. The highest BCUT2D eigenvalue weighted by molar-refractivity contribution is 6.45. The smallest absolute Gasteiger partial charge is 0.490 e. The molecule has 0 saturated carbocycles. The van der Waals surface area contributed by atoms with Gasteiger partial charge in [0.15, 0.2) is 5.82 Å². The van der Waals surface area contributed by atoms with Crippen molar-refractivity contribution in [2.75, 3.05) is 18.9 Å². The van der Waals surface area contributed by atoms with Crippen molar-refractivity contribution in [2.24, 2.45) is 5.73 Å². The highest BCUT2D eigenvalue weighted by Gasteiger charge is 2.30. The van der Waals surface area contributed by atoms with Gasteiger partial charge in [-0.05, 0) is 31.4 Å². The van der Waals surface area contributed by atoms with Crippen LogP contribution >= 0.6 is 12.4 Å². The molecule has 26 heavy (non-hydrogen) atoms. The van der Waals surface area contributed by atoms with Crippen LogP contribution in [-0.2, 0) is 20.5 Å². The summed E-state index contributed by atoms with van der Waals surface area (Å²) >= 11 is 0. The predicted molar refractivity (Wildman–Crippen MR) is 103 cm³/mol. The first-order valence-electron chi connectivity index (χ1n) is 8.34. The Balaban J connectivity index is 0.00000338. The molecule has 0 spiro atoms. The van der Waals surface area contributed by atoms with Crippen LogP contribution in [0.3, 0.4) is 0 Å². The van der Waals surface area contributed by atoms with Crippen molar-refractivity contribution in [3.8, 4) is 0 Å². The molecule has 0 amide bonds. The number of nitrogens with zero attached hydrogens (tertiary/aromatic N) is 3. The molecule has 0 aliphatic heterocycles. The Morgan fingerprint density at radius 3 is 2.62 bits per heavy atom. The first-order chi connectivity index (χ1) is 12.1. The number of nitrogens with two attached hydrogens (primary N) is 2. The minimum atomic E-state index is -1.02. The van der Waals surface area contributed by atoms with Crippen LogP contribution in [0.15, 0.2) is 30.3 Å². The third-order valence-corrected chi connectivity index (χ3v) is 3.48. The van der Waals surface area contributed by atoms with Crippen LogP contribution < -0.4 is 11.5 Å². The van der Waals surface area contributed by atoms with E-state index in [9.17, 15) is 4.79 Å². The summed E-state index contributed by atoms with van der Waals surface area (Å²) in [6.07, 6.45) is 3.20. The first-order valence-corrected chi connectivity index (χ1v) is 8.34. The third-order valence-electron chi connectivity index (χ3n) is 3.48. The molecule has 0 unspecified atom stereocenters. The SMILES string of the molecule is CC(=O)OB(OCCCCCN)n1nc(Cc2ccccc2)nc1N.Cl. The number of carbonyl (C=O) groups is 1. The normalized spacial score (nSPS) is 10.2. The number of carbonyl (C=O) groups excluding carboxylic acids is 1. The Morgan fingerprint density at radius 1 is 1.23 bits per heavy atom. The van der Waals surface area contributed by atoms with Crippen molar-refractivity contribution in [3.05, 3.63) is 41.7 Å². The van der Waals surface area contributed by atoms with Crippen molar-refractivity contribution in [2.45, 2.75) is 32.6 Å². The van der Waals surface area contributed by atoms with Gasteiger partial charge in [-0.1, -0.05) is 30.3 Å². The van der Waals surface area contributed by atoms with E-state index in [-0.39, 0.29) is 18.4 Å². The molecular weight excluding hydrogens is 356 g/mol. The number of hydrogen-bond acceptors (Lipinski definition) is 7. The van der Waals surface area contributed by atoms with Crippen molar-refractivity contribution in [1.82, 2.24) is 14.7 Å². The van der Waals surface area contributed by atoms with E-state index in [0.717, 1.165) is 24.8 Å². The molecule has 0 aliphatic rings. The lowest BCUT2D eigenvalue weighted by Gasteiger charge is -2.13. The molecular formula is C16H25BClN5O3. The van der Waals surface area contributed by atoms with Gasteiger partial charge < -0.3 is 20.8 Å². The molecule has 10 heteroatoms. The molecule has 0 atom stereocenters. The quantitative estimate of drug-likeness (QED) is 0.472. The fourth-order valence-electron chi connectivity index (χ4n) is 2.29. The maximum absolute atomic E-state index is 11.4. The second-order valence-corrected chi connectivity index (χ2v) is 5.63. The molecule has 0 aliphatic carbocycles. The fourth-order valence-corrected chi connectivity index (χ4v) is 2.29. The second-order valence-electron chi connectivity index (χ2n) is 5.63. The van der Waals surface area contributed by atoms with Gasteiger partial charge in [0.2, 0.25) is 5.95 Å². The molecule has 2 aromatic rings. The maximum atomic E-state index is 11.4. The minimum Gasteiger partial charge on any atom is -0.490 e. The van der Waals surface area contributed by atoms with E-state index in [0.29, 0.717) is 25.4 Å². The molecule has 0 fully saturated rings. The highest BCUT2D eigenvalue weighted by atomic mass is 35.5. The van der Waals surface area contributed by atoms with Crippen molar-refractivity contribution < 1.29 is 14.1 Å². The van der Waals surface area contributed by atoms with E-state index in [2.05, 4.69) is 10.1 Å². The van der Waals surface area contributed by atoms with Crippen LogP contribution in [0.25, 0.3) is 0 Å². The van der Waals surface area contributed by atoms with Gasteiger partial charge in [-0.3, -0.25) is 4.79 Å². The Bertz CT molecular complexity index is 671. The van der Waals surface area contributed by atoms with Crippen LogP contribution in [0, 0.1) is 0 Å². The third kappa shape index (κ3) is 7.03. The Hall–Kier alpha value is -2.10. The second kappa shape index (κ2) is 11.5. The summed E-state index contributed by atoms with van der Waals surface area (Å²) in [5.41, 5.74) is 12.5. The lowest BCUT2D eigenvalue weighted by atomic mass is 10.1. The highest BCUT2D eigenvalue weighted by Crippen LogP contribution is 2.10. The zero-order valence-corrected chi connectivity index (χ0v) is 15.7. The van der Waals surface area contributed by atoms with Gasteiger partial charge >= 0.3 is 7.25 Å². The van der Waals surface area contributed by atoms with E-state index in [1.54, 1.807) is 0 Å². The number of hydrogen-bond donors (Lipinski definition) is 2. The number of nitrogen functional groups attached to an aromatic ring is 1. The monoisotopic (exact) mass is 381 g/mol. The van der Waals surface area contributed by atoms with Crippen LogP contribution in [0.5, 0.6) is 0 Å². The van der Waals surface area contributed by atoms with E-state index < -0.39 is 13.2 Å². The van der Waals surface area contributed by atoms with Gasteiger partial charge in [-0.25, -0.2) is 4.59 Å². The number of aromatic nitrogens is 3. The molecule has 4 N–H and O–H groups in total. The summed E-state index contributed by atoms with van der Waals surface area (Å²) in [7, 11) is -1.02. The van der Waals surface area contributed by atoms with E-state index in [1.807, 2.05) is 30.3 Å². The van der Waals surface area contributed by atoms with Crippen LogP contribution in [0.4, 0.5) is 5.95 Å². The number of anilines is 1. The largest absolute Gasteiger partial charge is 0.691 e. The average Bonchev–Trinajstić information content (AvgIpc) is 2.94. The Kier molecular flexibility index (Phi) is 9.71. The summed E-state index contributed by atoms with van der Waals surface area (Å²) in [5, 5.41) is 4.33. The number of rotatable bonds is 10. The Labute approximate surface area is 159 Å². The van der Waals surface area contributed by atoms with Crippen LogP contribution in [0.2, 0.25) is 0 Å². The van der Waals surface area contributed by atoms with Gasteiger partial charge in [0.25, 0.3) is 5.97 Å². The van der Waals surface area contributed by atoms with Crippen LogP contribution in [0.1, 0.15) is 37.6 Å². The van der Waals surface area contributed by atoms with Gasteiger partial charge in [-0.15, -0.1) is 12.4 Å². The van der Waals surface area contributed by atoms with Gasteiger partial charge in [-0.2, -0.15) is 10.1 Å². The van der Waals surface area contributed by atoms with Crippen LogP contribution in [-0.4, -0.2) is 41.0 Å². The molecule has 0 saturated heterocycles. The topological polar surface area (TPSA) is 118 Å². The molecule has 142 valence electrons. The molecule has 2 rings (SSSR count). The molecule has 0 radical (unpaired) electrons.